The molecule has 2 heterocycles. The number of carbonyl (C=O) groups is 2. The number of rotatable bonds is 7. The fourth-order valence-electron chi connectivity index (χ4n) is 6.94. The van der Waals surface area contributed by atoms with Gasteiger partial charge in [-0.05, 0) is 61.3 Å². The number of nitrogens with zero attached hydrogens (tertiary/aromatic N) is 2. The van der Waals surface area contributed by atoms with Crippen molar-refractivity contribution < 1.29 is 24.4 Å². The smallest absolute Gasteiger partial charge is 0.271 e. The average Bonchev–Trinajstić information content (AvgIpc) is 3.51. The number of allylic oxidation sites excluding steroid dienone is 2. The number of phenols is 1. The largest absolute Gasteiger partial charge is 0.507 e. The van der Waals surface area contributed by atoms with Crippen LogP contribution in [0.2, 0.25) is 0 Å². The second kappa shape index (κ2) is 10.6. The summed E-state index contributed by atoms with van der Waals surface area (Å²) in [6.07, 6.45) is 4.88. The van der Waals surface area contributed by atoms with E-state index < -0.39 is 16.8 Å². The zero-order valence-corrected chi connectivity index (χ0v) is 23.1. The van der Waals surface area contributed by atoms with E-state index in [0.29, 0.717) is 13.0 Å². The molecular formula is C33H32N2O6. The van der Waals surface area contributed by atoms with Crippen LogP contribution in [0.3, 0.4) is 0 Å². The third-order valence-electron chi connectivity index (χ3n) is 8.87. The highest BCUT2D eigenvalue weighted by atomic mass is 16.6. The number of anilines is 1. The lowest BCUT2D eigenvalue weighted by molar-refractivity contribution is -0.384. The van der Waals surface area contributed by atoms with Crippen LogP contribution < -0.4 is 4.90 Å². The molecule has 1 aliphatic carbocycles. The maximum atomic E-state index is 13.7. The maximum Gasteiger partial charge on any atom is 0.271 e. The van der Waals surface area contributed by atoms with Gasteiger partial charge >= 0.3 is 0 Å². The van der Waals surface area contributed by atoms with Crippen molar-refractivity contribution in [3.63, 3.8) is 0 Å². The van der Waals surface area contributed by atoms with Crippen LogP contribution in [0.25, 0.3) is 16.8 Å². The summed E-state index contributed by atoms with van der Waals surface area (Å²) in [4.78, 5) is 39.2. The van der Waals surface area contributed by atoms with Crippen LogP contribution in [-0.2, 0) is 14.3 Å². The summed E-state index contributed by atoms with van der Waals surface area (Å²) >= 11 is 0. The highest BCUT2D eigenvalue weighted by Gasteiger charge is 2.57. The van der Waals surface area contributed by atoms with Gasteiger partial charge in [0.1, 0.15) is 5.75 Å². The summed E-state index contributed by atoms with van der Waals surface area (Å²) in [7, 11) is 0. The Morgan fingerprint density at radius 1 is 1.07 bits per heavy atom. The van der Waals surface area contributed by atoms with Crippen LogP contribution in [0.5, 0.6) is 5.75 Å². The Kier molecular flexibility index (Phi) is 6.95. The Morgan fingerprint density at radius 2 is 1.85 bits per heavy atom. The molecule has 1 N–H and O–H groups in total. The quantitative estimate of drug-likeness (QED) is 0.154. The van der Waals surface area contributed by atoms with E-state index in [0.717, 1.165) is 40.5 Å². The fourth-order valence-corrected chi connectivity index (χ4v) is 6.94. The Bertz CT molecular complexity index is 1640. The number of carbonyl (C=O) groups excluding carboxylic acids is 2. The predicted octanol–water partition coefficient (Wildman–Crippen LogP) is 6.57. The van der Waals surface area contributed by atoms with Crippen molar-refractivity contribution in [1.29, 1.82) is 0 Å². The van der Waals surface area contributed by atoms with Crippen molar-refractivity contribution >= 4 is 40.0 Å². The van der Waals surface area contributed by atoms with E-state index in [2.05, 4.69) is 19.9 Å². The molecule has 0 spiro atoms. The molecular weight excluding hydrogens is 520 g/mol. The van der Waals surface area contributed by atoms with Gasteiger partial charge in [0.15, 0.2) is 0 Å². The summed E-state index contributed by atoms with van der Waals surface area (Å²) in [5, 5.41) is 23.4. The van der Waals surface area contributed by atoms with E-state index in [1.54, 1.807) is 12.1 Å². The van der Waals surface area contributed by atoms with E-state index in [4.69, 9.17) is 4.74 Å². The molecule has 2 saturated heterocycles. The van der Waals surface area contributed by atoms with E-state index in [9.17, 15) is 24.8 Å². The van der Waals surface area contributed by atoms with Crippen LogP contribution >= 0.6 is 0 Å². The number of aromatic hydroxyl groups is 1. The van der Waals surface area contributed by atoms with Gasteiger partial charge in [0.2, 0.25) is 11.8 Å². The zero-order chi connectivity index (χ0) is 28.8. The Hall–Kier alpha value is -4.30. The number of nitro groups is 1. The van der Waals surface area contributed by atoms with E-state index in [1.807, 2.05) is 30.3 Å². The highest BCUT2D eigenvalue weighted by Crippen LogP contribution is 2.51. The second-order valence-corrected chi connectivity index (χ2v) is 11.2. The third-order valence-corrected chi connectivity index (χ3v) is 8.87. The summed E-state index contributed by atoms with van der Waals surface area (Å²) in [5.41, 5.74) is 4.68. The predicted molar refractivity (Wildman–Crippen MR) is 156 cm³/mol. The van der Waals surface area contributed by atoms with Gasteiger partial charge in [-0.25, -0.2) is 4.90 Å². The van der Waals surface area contributed by atoms with Crippen molar-refractivity contribution in [2.45, 2.75) is 45.6 Å². The first-order chi connectivity index (χ1) is 19.8. The molecule has 6 rings (SSSR count). The van der Waals surface area contributed by atoms with Crippen LogP contribution in [0, 0.1) is 27.9 Å². The van der Waals surface area contributed by atoms with Crippen LogP contribution in [0.15, 0.2) is 77.4 Å². The monoisotopic (exact) mass is 552 g/mol. The average molecular weight is 553 g/mol. The molecule has 210 valence electrons. The highest BCUT2D eigenvalue weighted by molar-refractivity contribution is 6.22. The topological polar surface area (TPSA) is 110 Å². The molecule has 3 aliphatic rings. The molecule has 0 saturated carbocycles. The van der Waals surface area contributed by atoms with Crippen molar-refractivity contribution in [2.75, 3.05) is 11.5 Å². The molecule has 41 heavy (non-hydrogen) atoms. The molecule has 2 aliphatic heterocycles. The van der Waals surface area contributed by atoms with E-state index >= 15 is 0 Å². The number of ether oxygens (including phenoxy) is 1. The number of phenolic OH excluding ortho intramolecular Hbond substituents is 1. The molecule has 2 fully saturated rings. The van der Waals surface area contributed by atoms with Crippen molar-refractivity contribution in [3.05, 3.63) is 93.1 Å². The number of hydrogen-bond acceptors (Lipinski definition) is 6. The minimum Gasteiger partial charge on any atom is -0.507 e. The first-order valence-corrected chi connectivity index (χ1v) is 14.1. The molecule has 0 bridgehead atoms. The van der Waals surface area contributed by atoms with Crippen molar-refractivity contribution in [2.24, 2.45) is 17.8 Å². The van der Waals surface area contributed by atoms with Gasteiger partial charge in [-0.15, -0.1) is 0 Å². The second-order valence-electron chi connectivity index (χ2n) is 11.2. The van der Waals surface area contributed by atoms with Gasteiger partial charge in [0.05, 0.1) is 35.2 Å². The number of benzene rings is 3. The standard InChI is InChI=1S/C33H32N2O6/c1-3-20-16-26-31(33(38)34(32(26)37)22-7-6-8-23(17-22)35(39)40)27-18-41-29(30(20)27)14-11-19(2)15-21-12-13-28(36)25-10-5-4-9-24(21)25/h4-10,12-13,15,17,26-27,29,31,36H,3,11,14,16,18H2,1-2H3/b19-15+/t26-,27+,29-,31-/m1/s1. The summed E-state index contributed by atoms with van der Waals surface area (Å²) in [5.74, 6) is -1.47. The van der Waals surface area contributed by atoms with Crippen LogP contribution in [0.4, 0.5) is 11.4 Å². The zero-order valence-electron chi connectivity index (χ0n) is 23.1. The molecule has 2 amide bonds. The van der Waals surface area contributed by atoms with Crippen molar-refractivity contribution in [1.82, 2.24) is 0 Å². The number of imide groups is 1. The first-order valence-electron chi connectivity index (χ1n) is 14.1. The lowest BCUT2D eigenvalue weighted by Gasteiger charge is -2.31. The molecule has 8 nitrogen and oxygen atoms in total. The Labute approximate surface area is 238 Å². The van der Waals surface area contributed by atoms with Gasteiger partial charge < -0.3 is 9.84 Å². The lowest BCUT2D eigenvalue weighted by atomic mass is 9.69. The minimum absolute atomic E-state index is 0.120. The molecule has 0 radical (unpaired) electrons. The number of amides is 2. The van der Waals surface area contributed by atoms with Crippen molar-refractivity contribution in [3.8, 4) is 5.75 Å². The SMILES string of the molecule is CCC1=C2[C@@H](CC/C(C)=C/c3ccc(O)c4ccccc34)OC[C@@H]2[C@@H]2C(=O)N(c3cccc([N+](=O)[O-])c3)C(=O)[C@@H]2C1. The molecule has 3 aromatic carbocycles. The van der Waals surface area contributed by atoms with Gasteiger partial charge in [0.25, 0.3) is 5.69 Å². The normalized spacial score (nSPS) is 24.2. The molecule has 3 aromatic rings. The fraction of sp³-hybridized carbons (Fsp3) is 0.333. The minimum atomic E-state index is -0.521. The first kappa shape index (κ1) is 26.9. The maximum absolute atomic E-state index is 13.7. The summed E-state index contributed by atoms with van der Waals surface area (Å²) in [6.45, 7) is 4.56. The number of non-ortho nitro benzene ring substituents is 1. The number of hydrogen-bond donors (Lipinski definition) is 1. The summed E-state index contributed by atoms with van der Waals surface area (Å²) in [6, 6.07) is 17.2. The Morgan fingerprint density at radius 3 is 2.61 bits per heavy atom. The number of nitro benzene ring substituents is 1. The third kappa shape index (κ3) is 4.62. The van der Waals surface area contributed by atoms with Gasteiger partial charge in [0, 0.05) is 23.4 Å². The van der Waals surface area contributed by atoms with Gasteiger partial charge in [-0.1, -0.05) is 60.5 Å². The van der Waals surface area contributed by atoms with Crippen LogP contribution in [-0.4, -0.2) is 34.6 Å². The lowest BCUT2D eigenvalue weighted by Crippen LogP contribution is -2.34. The molecule has 0 aromatic heterocycles. The molecule has 8 heteroatoms. The van der Waals surface area contributed by atoms with Gasteiger partial charge in [-0.2, -0.15) is 0 Å². The molecule has 4 atom stereocenters. The van der Waals surface area contributed by atoms with Gasteiger partial charge in [-0.3, -0.25) is 19.7 Å². The summed E-state index contributed by atoms with van der Waals surface area (Å²) < 4.78 is 6.31. The molecule has 0 unspecified atom stereocenters. The van der Waals surface area contributed by atoms with Crippen LogP contribution in [0.1, 0.15) is 45.1 Å². The number of fused-ring (bicyclic) bond motifs is 4. The Balaban J connectivity index is 1.23. The van der Waals surface area contributed by atoms with E-state index in [-0.39, 0.29) is 41.0 Å². The van der Waals surface area contributed by atoms with E-state index in [1.165, 1.54) is 34.9 Å².